The number of rotatable bonds is 8. The van der Waals surface area contributed by atoms with Crippen molar-refractivity contribution in [1.82, 2.24) is 9.13 Å². The lowest BCUT2D eigenvalue weighted by molar-refractivity contribution is -0.137. The molecule has 0 bridgehead atoms. The number of amides is 2. The normalized spacial score (nSPS) is 12.6. The zero-order valence-corrected chi connectivity index (χ0v) is 26.9. The van der Waals surface area contributed by atoms with Crippen LogP contribution in [0.2, 0.25) is 5.02 Å². The van der Waals surface area contributed by atoms with Crippen LogP contribution in [0.15, 0.2) is 88.7 Å². The Morgan fingerprint density at radius 2 is 1.29 bits per heavy atom. The summed E-state index contributed by atoms with van der Waals surface area (Å²) in [5.74, 6) is -1.51. The van der Waals surface area contributed by atoms with E-state index < -0.39 is 46.2 Å². The molecule has 0 radical (unpaired) electrons. The average molecular weight is 681 g/mol. The number of carbonyl (C=O) groups excluding carboxylic acids is 3. The summed E-state index contributed by atoms with van der Waals surface area (Å²) in [5, 5.41) is 1.76. The van der Waals surface area contributed by atoms with Crippen LogP contribution < -0.4 is 22.6 Å². The number of carbonyl (C=O) groups is 3. The number of hydrogen-bond donors (Lipinski definition) is 2. The maximum absolute atomic E-state index is 13.0. The Bertz CT molecular complexity index is 2170. The molecule has 2 aromatic heterocycles. The fourth-order valence-corrected chi connectivity index (χ4v) is 5.43. The maximum Gasteiger partial charge on any atom is 0.417 e. The average Bonchev–Trinajstić information content (AvgIpc) is 3.04. The standard InChI is InChI=1S/C22H18ClF3N2O3.C13H14N2O2/c1-12(20(27)30)28-10-9-14-15(3-2-4-16(14)21(28)31)19(29)8-6-13-5-7-18(23)17(11-13)22(24,25)26;1-8-4-3-5-11-10(8)6-7-15(13(11)17)9(2)12(14)16/h2-5,7,9-12H,6,8H2,1H3,(H2,27,30);3-7,9H,1-2H3,(H2,14,16)/t12-;9-/m11/s1. The first kappa shape index (κ1) is 35.6. The number of primary amides is 2. The van der Waals surface area contributed by atoms with Gasteiger partial charge >= 0.3 is 6.18 Å². The van der Waals surface area contributed by atoms with Gasteiger partial charge in [0.05, 0.1) is 10.6 Å². The molecule has 48 heavy (non-hydrogen) atoms. The van der Waals surface area contributed by atoms with E-state index in [1.807, 2.05) is 25.1 Å². The van der Waals surface area contributed by atoms with E-state index in [1.165, 1.54) is 34.4 Å². The highest BCUT2D eigenvalue weighted by Crippen LogP contribution is 2.35. The van der Waals surface area contributed by atoms with Gasteiger partial charge in [-0.2, -0.15) is 13.2 Å². The third kappa shape index (κ3) is 7.49. The van der Waals surface area contributed by atoms with Gasteiger partial charge in [0.2, 0.25) is 11.8 Å². The number of benzene rings is 3. The molecule has 9 nitrogen and oxygen atoms in total. The topological polar surface area (TPSA) is 147 Å². The number of fused-ring (bicyclic) bond motifs is 2. The molecule has 13 heteroatoms. The predicted octanol–water partition coefficient (Wildman–Crippen LogP) is 5.89. The number of aromatic nitrogens is 2. The van der Waals surface area contributed by atoms with Crippen molar-refractivity contribution >= 4 is 50.7 Å². The number of nitrogens with zero attached hydrogens (tertiary/aromatic N) is 2. The van der Waals surface area contributed by atoms with Crippen molar-refractivity contribution in [2.75, 3.05) is 0 Å². The maximum atomic E-state index is 13.0. The van der Waals surface area contributed by atoms with E-state index in [1.54, 1.807) is 37.4 Å². The van der Waals surface area contributed by atoms with E-state index in [0.29, 0.717) is 16.3 Å². The van der Waals surface area contributed by atoms with Crippen LogP contribution in [0.25, 0.3) is 21.5 Å². The van der Waals surface area contributed by atoms with Crippen LogP contribution in [0.1, 0.15) is 59.4 Å². The number of Topliss-reactive ketones (excluding diaryl/α,β-unsaturated/α-hetero) is 1. The number of pyridine rings is 2. The summed E-state index contributed by atoms with van der Waals surface area (Å²) in [6.07, 6.45) is -1.56. The van der Waals surface area contributed by atoms with E-state index in [0.717, 1.165) is 23.1 Å². The second kappa shape index (κ2) is 14.3. The molecular formula is C35H32ClF3N4O5. The Labute approximate surface area is 277 Å². The van der Waals surface area contributed by atoms with Gasteiger partial charge in [-0.25, -0.2) is 0 Å². The summed E-state index contributed by atoms with van der Waals surface area (Å²) in [7, 11) is 0. The number of halogens is 4. The van der Waals surface area contributed by atoms with Crippen LogP contribution in [-0.2, 0) is 22.2 Å². The number of nitrogens with two attached hydrogens (primary N) is 2. The number of hydrogen-bond acceptors (Lipinski definition) is 5. The second-order valence-electron chi connectivity index (χ2n) is 11.3. The Balaban J connectivity index is 0.000000257. The van der Waals surface area contributed by atoms with E-state index in [9.17, 15) is 37.1 Å². The molecule has 0 saturated carbocycles. The van der Waals surface area contributed by atoms with Crippen molar-refractivity contribution in [1.29, 1.82) is 0 Å². The molecule has 0 aliphatic carbocycles. The van der Waals surface area contributed by atoms with Crippen molar-refractivity contribution in [2.24, 2.45) is 11.5 Å². The van der Waals surface area contributed by atoms with Crippen molar-refractivity contribution in [3.63, 3.8) is 0 Å². The lowest BCUT2D eigenvalue weighted by atomic mass is 9.97. The van der Waals surface area contributed by atoms with Crippen LogP contribution in [0.4, 0.5) is 13.2 Å². The van der Waals surface area contributed by atoms with E-state index in [-0.39, 0.29) is 35.1 Å². The summed E-state index contributed by atoms with van der Waals surface area (Å²) in [4.78, 5) is 60.2. The molecule has 0 fully saturated rings. The first-order valence-electron chi connectivity index (χ1n) is 14.7. The van der Waals surface area contributed by atoms with Gasteiger partial charge in [-0.05, 0) is 85.5 Å². The summed E-state index contributed by atoms with van der Waals surface area (Å²) >= 11 is 5.63. The van der Waals surface area contributed by atoms with Gasteiger partial charge in [-0.3, -0.25) is 24.0 Å². The quantitative estimate of drug-likeness (QED) is 0.196. The van der Waals surface area contributed by atoms with Crippen LogP contribution >= 0.6 is 11.6 Å². The van der Waals surface area contributed by atoms with Gasteiger partial charge in [0.1, 0.15) is 12.1 Å². The molecule has 5 aromatic rings. The molecule has 0 aliphatic rings. The minimum atomic E-state index is -4.59. The van der Waals surface area contributed by atoms with Crippen LogP contribution in [0.3, 0.4) is 0 Å². The molecule has 0 unspecified atom stereocenters. The third-order valence-electron chi connectivity index (χ3n) is 8.10. The Hall–Kier alpha value is -5.23. The fraction of sp³-hybridized carbons (Fsp3) is 0.229. The first-order valence-corrected chi connectivity index (χ1v) is 15.1. The Morgan fingerprint density at radius 1 is 0.771 bits per heavy atom. The lowest BCUT2D eigenvalue weighted by Gasteiger charge is -2.14. The largest absolute Gasteiger partial charge is 0.417 e. The fourth-order valence-electron chi connectivity index (χ4n) is 5.21. The number of ketones is 1. The molecule has 2 atom stereocenters. The van der Waals surface area contributed by atoms with Crippen molar-refractivity contribution < 1.29 is 27.6 Å². The van der Waals surface area contributed by atoms with Gasteiger partial charge in [0, 0.05) is 35.2 Å². The molecular weight excluding hydrogens is 649 g/mol. The zero-order chi connectivity index (χ0) is 35.5. The van der Waals surface area contributed by atoms with Crippen molar-refractivity contribution in [2.45, 2.75) is 51.9 Å². The van der Waals surface area contributed by atoms with Gasteiger partial charge < -0.3 is 20.6 Å². The summed E-state index contributed by atoms with van der Waals surface area (Å²) in [6, 6.07) is 15.6. The smallest absolute Gasteiger partial charge is 0.368 e. The van der Waals surface area contributed by atoms with Crippen molar-refractivity contribution in [3.8, 4) is 0 Å². The molecule has 2 amide bonds. The van der Waals surface area contributed by atoms with Crippen LogP contribution in [-0.4, -0.2) is 26.7 Å². The second-order valence-corrected chi connectivity index (χ2v) is 11.7. The molecule has 250 valence electrons. The van der Waals surface area contributed by atoms with E-state index in [2.05, 4.69) is 0 Å². The molecule has 0 aliphatic heterocycles. The predicted molar refractivity (Wildman–Crippen MR) is 178 cm³/mol. The van der Waals surface area contributed by atoms with Gasteiger partial charge in [0.25, 0.3) is 11.1 Å². The Kier molecular flexibility index (Phi) is 10.6. The minimum absolute atomic E-state index is 0.0567. The van der Waals surface area contributed by atoms with Gasteiger partial charge in [-0.15, -0.1) is 0 Å². The SMILES string of the molecule is C[C@H](C(N)=O)n1ccc2c(C(=O)CCc3ccc(Cl)c(C(F)(F)F)c3)cccc2c1=O.Cc1cccc2c(=O)n([C@H](C)C(N)=O)ccc12. The molecule has 4 N–H and O–H groups in total. The third-order valence-corrected chi connectivity index (χ3v) is 8.43. The van der Waals surface area contributed by atoms with Crippen LogP contribution in [0.5, 0.6) is 0 Å². The highest BCUT2D eigenvalue weighted by atomic mass is 35.5. The van der Waals surface area contributed by atoms with Crippen molar-refractivity contribution in [3.05, 3.63) is 127 Å². The number of aryl methyl sites for hydroxylation is 2. The van der Waals surface area contributed by atoms with E-state index in [4.69, 9.17) is 23.1 Å². The Morgan fingerprint density at radius 3 is 1.83 bits per heavy atom. The highest BCUT2D eigenvalue weighted by Gasteiger charge is 2.33. The molecule has 5 rings (SSSR count). The van der Waals surface area contributed by atoms with Gasteiger partial charge in [0.15, 0.2) is 5.78 Å². The summed E-state index contributed by atoms with van der Waals surface area (Å²) < 4.78 is 41.6. The van der Waals surface area contributed by atoms with Gasteiger partial charge in [-0.1, -0.05) is 41.9 Å². The van der Waals surface area contributed by atoms with E-state index >= 15 is 0 Å². The monoisotopic (exact) mass is 680 g/mol. The minimum Gasteiger partial charge on any atom is -0.368 e. The number of alkyl halides is 3. The first-order chi connectivity index (χ1) is 22.5. The van der Waals surface area contributed by atoms with Crippen LogP contribution in [0, 0.1) is 6.92 Å². The highest BCUT2D eigenvalue weighted by molar-refractivity contribution is 6.31. The molecule has 0 spiro atoms. The summed E-state index contributed by atoms with van der Waals surface area (Å²) in [5.41, 5.74) is 10.5. The molecule has 0 saturated heterocycles. The summed E-state index contributed by atoms with van der Waals surface area (Å²) in [6.45, 7) is 5.06. The zero-order valence-electron chi connectivity index (χ0n) is 26.2. The lowest BCUT2D eigenvalue weighted by Crippen LogP contribution is -2.31. The molecule has 3 aromatic carbocycles. The molecule has 2 heterocycles.